The van der Waals surface area contributed by atoms with Crippen molar-refractivity contribution >= 4 is 5.91 Å². The highest BCUT2D eigenvalue weighted by molar-refractivity contribution is 5.86. The minimum atomic E-state index is -0.735. The summed E-state index contributed by atoms with van der Waals surface area (Å²) in [5.74, 6) is -0.236. The highest BCUT2D eigenvalue weighted by atomic mass is 19.1. The Hall–Kier alpha value is -1.62. The Kier molecular flexibility index (Phi) is 4.83. The van der Waals surface area contributed by atoms with Crippen LogP contribution in [0, 0.1) is 5.82 Å². The summed E-state index contributed by atoms with van der Waals surface area (Å²) in [5.41, 5.74) is 6.23. The van der Waals surface area contributed by atoms with Crippen molar-refractivity contribution in [3.8, 4) is 5.75 Å². The number of likely N-dealkylation sites (N-methyl/N-ethyl adjacent to an activating group) is 1. The average Bonchev–Trinajstić information content (AvgIpc) is 2.92. The van der Waals surface area contributed by atoms with E-state index in [0.29, 0.717) is 13.1 Å². The van der Waals surface area contributed by atoms with Crippen LogP contribution in [0.5, 0.6) is 5.75 Å². The zero-order valence-corrected chi connectivity index (χ0v) is 12.7. The number of methoxy groups -OCH3 is 1. The van der Waals surface area contributed by atoms with Crippen molar-refractivity contribution in [2.24, 2.45) is 5.73 Å². The van der Waals surface area contributed by atoms with E-state index in [9.17, 15) is 9.18 Å². The molecule has 1 aliphatic rings. The van der Waals surface area contributed by atoms with Crippen molar-refractivity contribution in [1.82, 2.24) is 4.90 Å². The fraction of sp³-hybridized carbons (Fsp3) is 0.562. The van der Waals surface area contributed by atoms with Crippen LogP contribution in [0.15, 0.2) is 18.2 Å². The minimum Gasteiger partial charge on any atom is -0.494 e. The van der Waals surface area contributed by atoms with E-state index in [2.05, 4.69) is 0 Å². The second-order valence-corrected chi connectivity index (χ2v) is 5.65. The normalized spacial score (nSPS) is 16.8. The summed E-state index contributed by atoms with van der Waals surface area (Å²) in [6.07, 6.45) is 3.46. The van der Waals surface area contributed by atoms with Crippen molar-refractivity contribution in [3.63, 3.8) is 0 Å². The van der Waals surface area contributed by atoms with Crippen LogP contribution in [0.2, 0.25) is 0 Å². The second kappa shape index (κ2) is 6.43. The van der Waals surface area contributed by atoms with Gasteiger partial charge in [-0.3, -0.25) is 4.79 Å². The van der Waals surface area contributed by atoms with Gasteiger partial charge in [0.1, 0.15) is 0 Å². The topological polar surface area (TPSA) is 55.6 Å². The SMILES string of the molecule is CCN(Cc1ccc(OC)c(F)c1)C(=O)C1(N)CCCC1. The number of nitrogens with zero attached hydrogens (tertiary/aromatic N) is 1. The first-order valence-corrected chi connectivity index (χ1v) is 7.41. The van der Waals surface area contributed by atoms with Gasteiger partial charge in [-0.15, -0.1) is 0 Å². The van der Waals surface area contributed by atoms with Gasteiger partial charge in [0.25, 0.3) is 0 Å². The summed E-state index contributed by atoms with van der Waals surface area (Å²) in [5, 5.41) is 0. The lowest BCUT2D eigenvalue weighted by atomic mass is 9.97. The summed E-state index contributed by atoms with van der Waals surface area (Å²) < 4.78 is 18.6. The molecule has 1 fully saturated rings. The molecule has 2 rings (SSSR count). The van der Waals surface area contributed by atoms with E-state index >= 15 is 0 Å². The van der Waals surface area contributed by atoms with Crippen LogP contribution in [0.1, 0.15) is 38.2 Å². The molecule has 1 aliphatic carbocycles. The van der Waals surface area contributed by atoms with Gasteiger partial charge in [-0.05, 0) is 37.5 Å². The van der Waals surface area contributed by atoms with E-state index in [1.807, 2.05) is 6.92 Å². The van der Waals surface area contributed by atoms with E-state index in [-0.39, 0.29) is 11.7 Å². The van der Waals surface area contributed by atoms with Crippen molar-refractivity contribution in [1.29, 1.82) is 0 Å². The van der Waals surface area contributed by atoms with Gasteiger partial charge in [0, 0.05) is 13.1 Å². The van der Waals surface area contributed by atoms with Crippen molar-refractivity contribution < 1.29 is 13.9 Å². The van der Waals surface area contributed by atoms with Gasteiger partial charge in [0.15, 0.2) is 11.6 Å². The lowest BCUT2D eigenvalue weighted by molar-refractivity contribution is -0.137. The fourth-order valence-electron chi connectivity index (χ4n) is 2.89. The van der Waals surface area contributed by atoms with E-state index < -0.39 is 11.4 Å². The van der Waals surface area contributed by atoms with Crippen molar-refractivity contribution in [2.45, 2.75) is 44.7 Å². The van der Waals surface area contributed by atoms with Crippen LogP contribution < -0.4 is 10.5 Å². The Morgan fingerprint density at radius 3 is 2.62 bits per heavy atom. The fourth-order valence-corrected chi connectivity index (χ4v) is 2.89. The highest BCUT2D eigenvalue weighted by Crippen LogP contribution is 2.29. The number of carbonyl (C=O) groups excluding carboxylic acids is 1. The summed E-state index contributed by atoms with van der Waals surface area (Å²) >= 11 is 0. The highest BCUT2D eigenvalue weighted by Gasteiger charge is 2.39. The molecule has 1 amide bonds. The number of ether oxygens (including phenoxy) is 1. The van der Waals surface area contributed by atoms with Crippen LogP contribution >= 0.6 is 0 Å². The maximum Gasteiger partial charge on any atom is 0.242 e. The largest absolute Gasteiger partial charge is 0.494 e. The predicted molar refractivity (Wildman–Crippen MR) is 79.4 cm³/mol. The van der Waals surface area contributed by atoms with E-state index in [1.54, 1.807) is 17.0 Å². The zero-order valence-electron chi connectivity index (χ0n) is 12.7. The lowest BCUT2D eigenvalue weighted by Gasteiger charge is -2.31. The molecule has 4 nitrogen and oxygen atoms in total. The molecule has 0 saturated heterocycles. The first-order valence-electron chi connectivity index (χ1n) is 7.41. The van der Waals surface area contributed by atoms with Gasteiger partial charge in [-0.25, -0.2) is 4.39 Å². The van der Waals surface area contributed by atoms with Crippen LogP contribution in [0.4, 0.5) is 4.39 Å². The van der Waals surface area contributed by atoms with Crippen LogP contribution in [0.3, 0.4) is 0 Å². The Labute approximate surface area is 125 Å². The lowest BCUT2D eigenvalue weighted by Crippen LogP contribution is -2.53. The van der Waals surface area contributed by atoms with Crippen LogP contribution in [0.25, 0.3) is 0 Å². The van der Waals surface area contributed by atoms with Gasteiger partial charge in [0.05, 0.1) is 12.6 Å². The second-order valence-electron chi connectivity index (χ2n) is 5.65. The number of carbonyl (C=O) groups is 1. The molecular formula is C16H23FN2O2. The maximum absolute atomic E-state index is 13.7. The molecule has 0 heterocycles. The molecule has 1 aromatic rings. The summed E-state index contributed by atoms with van der Waals surface area (Å²) in [6.45, 7) is 2.84. The molecule has 21 heavy (non-hydrogen) atoms. The Morgan fingerprint density at radius 2 is 2.10 bits per heavy atom. The number of rotatable bonds is 5. The Balaban J connectivity index is 2.11. The quantitative estimate of drug-likeness (QED) is 0.907. The molecule has 0 spiro atoms. The van der Waals surface area contributed by atoms with Crippen molar-refractivity contribution in [3.05, 3.63) is 29.6 Å². The molecule has 116 valence electrons. The van der Waals surface area contributed by atoms with E-state index in [4.69, 9.17) is 10.5 Å². The van der Waals surface area contributed by atoms with Crippen molar-refractivity contribution in [2.75, 3.05) is 13.7 Å². The predicted octanol–water partition coefficient (Wildman–Crippen LogP) is 2.45. The van der Waals surface area contributed by atoms with Gasteiger partial charge in [-0.2, -0.15) is 0 Å². The van der Waals surface area contributed by atoms with E-state index in [1.165, 1.54) is 13.2 Å². The molecule has 0 bridgehead atoms. The summed E-state index contributed by atoms with van der Waals surface area (Å²) in [7, 11) is 1.43. The first-order chi connectivity index (χ1) is 10.00. The zero-order chi connectivity index (χ0) is 15.5. The summed E-state index contributed by atoms with van der Waals surface area (Å²) in [4.78, 5) is 14.3. The smallest absolute Gasteiger partial charge is 0.242 e. The number of nitrogens with two attached hydrogens (primary N) is 1. The average molecular weight is 294 g/mol. The molecular weight excluding hydrogens is 271 g/mol. The minimum absolute atomic E-state index is 0.0290. The Morgan fingerprint density at radius 1 is 1.43 bits per heavy atom. The summed E-state index contributed by atoms with van der Waals surface area (Å²) in [6, 6.07) is 4.76. The molecule has 0 unspecified atom stereocenters. The third-order valence-corrected chi connectivity index (χ3v) is 4.18. The Bertz CT molecular complexity index is 513. The third kappa shape index (κ3) is 3.35. The molecule has 1 aromatic carbocycles. The van der Waals surface area contributed by atoms with Gasteiger partial charge >= 0.3 is 0 Å². The molecule has 5 heteroatoms. The third-order valence-electron chi connectivity index (χ3n) is 4.18. The van der Waals surface area contributed by atoms with Gasteiger partial charge < -0.3 is 15.4 Å². The van der Waals surface area contributed by atoms with Gasteiger partial charge in [0.2, 0.25) is 5.91 Å². The van der Waals surface area contributed by atoms with Crippen LogP contribution in [-0.2, 0) is 11.3 Å². The molecule has 0 atom stereocenters. The molecule has 0 aromatic heterocycles. The maximum atomic E-state index is 13.7. The number of amides is 1. The first kappa shape index (κ1) is 15.8. The van der Waals surface area contributed by atoms with Gasteiger partial charge in [-0.1, -0.05) is 18.9 Å². The monoisotopic (exact) mass is 294 g/mol. The van der Waals surface area contributed by atoms with E-state index in [0.717, 1.165) is 31.2 Å². The molecule has 0 aliphatic heterocycles. The number of hydrogen-bond donors (Lipinski definition) is 1. The number of benzene rings is 1. The number of hydrogen-bond acceptors (Lipinski definition) is 3. The van der Waals surface area contributed by atoms with Crippen LogP contribution in [-0.4, -0.2) is 30.0 Å². The molecule has 1 saturated carbocycles. The number of halogens is 1. The molecule has 2 N–H and O–H groups in total. The molecule has 0 radical (unpaired) electrons. The standard InChI is InChI=1S/C16H23FN2O2/c1-3-19(15(20)16(18)8-4-5-9-16)11-12-6-7-14(21-2)13(17)10-12/h6-7,10H,3-5,8-9,11,18H2,1-2H3.